The fourth-order valence-electron chi connectivity index (χ4n) is 0.931. The lowest BCUT2D eigenvalue weighted by atomic mass is 10.0. The minimum absolute atomic E-state index is 0.347. The highest BCUT2D eigenvalue weighted by atomic mass is 16.5. The van der Waals surface area contributed by atoms with E-state index in [4.69, 9.17) is 0 Å². The molecule has 1 unspecified atom stereocenters. The number of unbranched alkanes of at least 4 members (excludes halogenated alkanes) is 1. The second kappa shape index (κ2) is 11.3. The fourth-order valence-corrected chi connectivity index (χ4v) is 0.931. The molecule has 0 rings (SSSR count). The van der Waals surface area contributed by atoms with Crippen LogP contribution in [0.3, 0.4) is 0 Å². The molecule has 0 aliphatic rings. The van der Waals surface area contributed by atoms with E-state index < -0.39 is 0 Å². The number of ether oxygens (including phenoxy) is 1. The maximum atomic E-state index is 10.2. The predicted molar refractivity (Wildman–Crippen MR) is 65.8 cm³/mol. The molecule has 0 aromatic carbocycles. The van der Waals surface area contributed by atoms with Crippen molar-refractivity contribution in [3.8, 4) is 0 Å². The Kier molecular flexibility index (Phi) is 12.5. The summed E-state index contributed by atoms with van der Waals surface area (Å²) in [6, 6.07) is 0. The first-order valence-corrected chi connectivity index (χ1v) is 5.73. The number of esters is 1. The second-order valence-electron chi connectivity index (χ2n) is 3.93. The first-order valence-electron chi connectivity index (χ1n) is 5.73. The van der Waals surface area contributed by atoms with Crippen molar-refractivity contribution in [1.82, 2.24) is 0 Å². The molecule has 0 aromatic rings. The van der Waals surface area contributed by atoms with Crippen LogP contribution in [-0.2, 0) is 9.53 Å². The first-order chi connectivity index (χ1) is 6.99. The fraction of sp³-hybridized carbons (Fsp3) is 0.769. The Bertz CT molecular complexity index is 173. The summed E-state index contributed by atoms with van der Waals surface area (Å²) in [5.74, 6) is 0.606. The highest BCUT2D eigenvalue weighted by Gasteiger charge is 1.95. The molecule has 0 fully saturated rings. The van der Waals surface area contributed by atoms with Gasteiger partial charge in [-0.1, -0.05) is 53.0 Å². The molecule has 0 spiro atoms. The highest BCUT2D eigenvalue weighted by Crippen LogP contribution is 2.09. The van der Waals surface area contributed by atoms with Crippen LogP contribution in [0.15, 0.2) is 12.2 Å². The van der Waals surface area contributed by atoms with Crippen molar-refractivity contribution in [3.63, 3.8) is 0 Å². The molecule has 2 heteroatoms. The van der Waals surface area contributed by atoms with Gasteiger partial charge in [0.25, 0.3) is 0 Å². The minimum atomic E-state index is -0.347. The van der Waals surface area contributed by atoms with Gasteiger partial charge in [0.2, 0.25) is 0 Å². The van der Waals surface area contributed by atoms with Gasteiger partial charge in [-0.05, 0) is 12.8 Å². The zero-order chi connectivity index (χ0) is 12.3. The predicted octanol–water partition coefficient (Wildman–Crippen LogP) is 3.96. The third-order valence-electron chi connectivity index (χ3n) is 2.28. The summed E-state index contributed by atoms with van der Waals surface area (Å²) in [7, 11) is 1.33. The molecule has 0 aliphatic carbocycles. The van der Waals surface area contributed by atoms with E-state index in [1.54, 1.807) is 6.92 Å². The van der Waals surface area contributed by atoms with Gasteiger partial charge >= 0.3 is 5.97 Å². The van der Waals surface area contributed by atoms with Gasteiger partial charge in [0, 0.05) is 5.57 Å². The van der Waals surface area contributed by atoms with E-state index in [0.717, 1.165) is 5.92 Å². The van der Waals surface area contributed by atoms with E-state index in [9.17, 15) is 4.79 Å². The van der Waals surface area contributed by atoms with Gasteiger partial charge in [0.05, 0.1) is 7.11 Å². The second-order valence-corrected chi connectivity index (χ2v) is 3.93. The minimum Gasteiger partial charge on any atom is -0.466 e. The molecular weight excluding hydrogens is 188 g/mol. The van der Waals surface area contributed by atoms with Crippen LogP contribution in [0, 0.1) is 5.92 Å². The Morgan fingerprint density at radius 2 is 1.93 bits per heavy atom. The summed E-state index contributed by atoms with van der Waals surface area (Å²) in [5, 5.41) is 0. The lowest BCUT2D eigenvalue weighted by Crippen LogP contribution is -1.98. The molecule has 1 atom stereocenters. The molecule has 15 heavy (non-hydrogen) atoms. The van der Waals surface area contributed by atoms with Gasteiger partial charge in [0.1, 0.15) is 0 Å². The SMILES string of the molecule is C=C(C)C(=O)OC.CCCCC(C)CC. The molecule has 0 aliphatic heterocycles. The van der Waals surface area contributed by atoms with Crippen molar-refractivity contribution in [2.45, 2.75) is 53.4 Å². The summed E-state index contributed by atoms with van der Waals surface area (Å²) >= 11 is 0. The van der Waals surface area contributed by atoms with Crippen LogP contribution in [0.25, 0.3) is 0 Å². The van der Waals surface area contributed by atoms with Crippen molar-refractivity contribution in [2.75, 3.05) is 7.11 Å². The van der Waals surface area contributed by atoms with Crippen LogP contribution >= 0.6 is 0 Å². The van der Waals surface area contributed by atoms with Crippen molar-refractivity contribution < 1.29 is 9.53 Å². The maximum Gasteiger partial charge on any atom is 0.332 e. The molecule has 0 N–H and O–H groups in total. The quantitative estimate of drug-likeness (QED) is 0.511. The summed E-state index contributed by atoms with van der Waals surface area (Å²) < 4.78 is 4.27. The zero-order valence-electron chi connectivity index (χ0n) is 10.9. The van der Waals surface area contributed by atoms with Gasteiger partial charge < -0.3 is 4.74 Å². The highest BCUT2D eigenvalue weighted by molar-refractivity contribution is 5.86. The van der Waals surface area contributed by atoms with Gasteiger partial charge in [-0.3, -0.25) is 0 Å². The lowest BCUT2D eigenvalue weighted by Gasteiger charge is -2.04. The van der Waals surface area contributed by atoms with E-state index in [0.29, 0.717) is 5.57 Å². The average molecular weight is 214 g/mol. The third-order valence-corrected chi connectivity index (χ3v) is 2.28. The van der Waals surface area contributed by atoms with Crippen LogP contribution in [-0.4, -0.2) is 13.1 Å². The number of methoxy groups -OCH3 is 1. The Hall–Kier alpha value is -0.790. The molecule has 0 heterocycles. The van der Waals surface area contributed by atoms with Crippen LogP contribution in [0.2, 0.25) is 0 Å². The largest absolute Gasteiger partial charge is 0.466 e. The average Bonchev–Trinajstić information content (AvgIpc) is 2.25. The molecule has 2 nitrogen and oxygen atoms in total. The van der Waals surface area contributed by atoms with Gasteiger partial charge in [-0.25, -0.2) is 4.79 Å². The number of carbonyl (C=O) groups is 1. The number of hydrogen-bond acceptors (Lipinski definition) is 2. The Morgan fingerprint density at radius 1 is 1.40 bits per heavy atom. The molecule has 90 valence electrons. The van der Waals surface area contributed by atoms with Crippen LogP contribution in [0.4, 0.5) is 0 Å². The Labute approximate surface area is 94.7 Å². The molecular formula is C13H26O2. The lowest BCUT2D eigenvalue weighted by molar-refractivity contribution is -0.136. The van der Waals surface area contributed by atoms with E-state index >= 15 is 0 Å². The van der Waals surface area contributed by atoms with Crippen LogP contribution < -0.4 is 0 Å². The third kappa shape index (κ3) is 13.2. The topological polar surface area (TPSA) is 26.3 Å². The summed E-state index contributed by atoms with van der Waals surface area (Å²) in [4.78, 5) is 10.2. The summed E-state index contributed by atoms with van der Waals surface area (Å²) in [6.07, 6.45) is 5.53. The van der Waals surface area contributed by atoms with Gasteiger partial charge in [0.15, 0.2) is 0 Å². The summed E-state index contributed by atoms with van der Waals surface area (Å²) in [6.45, 7) is 11.8. The molecule has 0 amide bonds. The Morgan fingerprint density at radius 3 is 2.13 bits per heavy atom. The normalized spacial score (nSPS) is 11.0. The van der Waals surface area contributed by atoms with E-state index in [1.807, 2.05) is 0 Å². The van der Waals surface area contributed by atoms with Crippen molar-refractivity contribution >= 4 is 5.97 Å². The zero-order valence-corrected chi connectivity index (χ0v) is 10.9. The monoisotopic (exact) mass is 214 g/mol. The summed E-state index contributed by atoms with van der Waals surface area (Å²) in [5.41, 5.74) is 0.433. The van der Waals surface area contributed by atoms with Crippen LogP contribution in [0.1, 0.15) is 53.4 Å². The van der Waals surface area contributed by atoms with Gasteiger partial charge in [-0.15, -0.1) is 0 Å². The molecule has 0 saturated heterocycles. The first kappa shape index (κ1) is 16.6. The van der Waals surface area contributed by atoms with Crippen molar-refractivity contribution in [2.24, 2.45) is 5.92 Å². The van der Waals surface area contributed by atoms with E-state index in [2.05, 4.69) is 32.1 Å². The standard InChI is InChI=1S/C8H18.C5H8O2/c1-4-6-7-8(3)5-2;1-4(2)5(6)7-3/h8H,4-7H2,1-3H3;1H2,2-3H3. The number of rotatable bonds is 5. The molecule has 0 bridgehead atoms. The molecule has 0 saturated carbocycles. The van der Waals surface area contributed by atoms with Crippen LogP contribution in [0.5, 0.6) is 0 Å². The Balaban J connectivity index is 0. The molecule has 0 aromatic heterocycles. The van der Waals surface area contributed by atoms with E-state index in [-0.39, 0.29) is 5.97 Å². The number of carbonyl (C=O) groups excluding carboxylic acids is 1. The van der Waals surface area contributed by atoms with E-state index in [1.165, 1.54) is 32.8 Å². The molecule has 0 radical (unpaired) electrons. The van der Waals surface area contributed by atoms with Gasteiger partial charge in [-0.2, -0.15) is 0 Å². The van der Waals surface area contributed by atoms with Crippen molar-refractivity contribution in [1.29, 1.82) is 0 Å². The number of hydrogen-bond donors (Lipinski definition) is 0. The maximum absolute atomic E-state index is 10.2. The van der Waals surface area contributed by atoms with Crippen molar-refractivity contribution in [3.05, 3.63) is 12.2 Å². The smallest absolute Gasteiger partial charge is 0.332 e.